The lowest BCUT2D eigenvalue weighted by Crippen LogP contribution is -2.44. The first-order chi connectivity index (χ1) is 19.1. The molecular weight excluding hydrogens is 595 g/mol. The Morgan fingerprint density at radius 2 is 1.88 bits per heavy atom. The highest BCUT2D eigenvalue weighted by atomic mass is 35.5. The SMILES string of the molecule is C.CN(C(=O)CCc1cccc(F)c1Cl)[C@H](COC(=O)Nc1cc2cc(F)ccc2cn1)CC(C)(C)COP(=O)(O)O. The van der Waals surface area contributed by atoms with Crippen LogP contribution in [0.5, 0.6) is 0 Å². The van der Waals surface area contributed by atoms with E-state index in [0.29, 0.717) is 16.3 Å². The van der Waals surface area contributed by atoms with Gasteiger partial charge in [0, 0.05) is 25.1 Å². The molecule has 0 saturated heterocycles. The summed E-state index contributed by atoms with van der Waals surface area (Å²) in [4.78, 5) is 49.4. The third kappa shape index (κ3) is 10.6. The Kier molecular flexibility index (Phi) is 12.4. The molecule has 3 aromatic rings. The molecular formula is C28H35ClF2N3O7P. The van der Waals surface area contributed by atoms with Crippen molar-refractivity contribution in [1.82, 2.24) is 9.88 Å². The number of amides is 2. The van der Waals surface area contributed by atoms with Gasteiger partial charge in [-0.25, -0.2) is 23.1 Å². The quantitative estimate of drug-likeness (QED) is 0.197. The van der Waals surface area contributed by atoms with Gasteiger partial charge in [-0.2, -0.15) is 0 Å². The molecule has 0 unspecified atom stereocenters. The van der Waals surface area contributed by atoms with Crippen LogP contribution in [0.4, 0.5) is 19.4 Å². The van der Waals surface area contributed by atoms with Crippen LogP contribution in [0.15, 0.2) is 48.7 Å². The summed E-state index contributed by atoms with van der Waals surface area (Å²) in [5.74, 6) is -1.28. The first-order valence-electron chi connectivity index (χ1n) is 12.5. The molecule has 0 aliphatic heterocycles. The zero-order valence-corrected chi connectivity index (χ0v) is 24.3. The number of phosphoric acid groups is 1. The lowest BCUT2D eigenvalue weighted by atomic mass is 9.86. The summed E-state index contributed by atoms with van der Waals surface area (Å²) < 4.78 is 48.7. The molecule has 3 rings (SSSR count). The lowest BCUT2D eigenvalue weighted by Gasteiger charge is -2.34. The number of rotatable bonds is 12. The Balaban J connectivity index is 0.00000616. The van der Waals surface area contributed by atoms with Gasteiger partial charge < -0.3 is 19.4 Å². The molecule has 42 heavy (non-hydrogen) atoms. The molecule has 0 spiro atoms. The number of nitrogens with one attached hydrogen (secondary N) is 1. The van der Waals surface area contributed by atoms with Crippen molar-refractivity contribution in [3.05, 3.63) is 70.9 Å². The van der Waals surface area contributed by atoms with Crippen LogP contribution >= 0.6 is 19.4 Å². The molecule has 0 aliphatic carbocycles. The van der Waals surface area contributed by atoms with Gasteiger partial charge >= 0.3 is 13.9 Å². The number of carbonyl (C=O) groups excluding carboxylic acids is 2. The standard InChI is InChI=1S/C27H31ClF2N3O7P.CH4/c1-27(2,16-40-41(36,37)38)13-21(33(3)24(34)10-8-17-5-4-6-22(30)25(17)28)15-39-26(35)32-23-12-19-11-20(29)9-7-18(19)14-31-23;/h4-7,9,11-12,14,21H,8,10,13,15-16H2,1-3H3,(H,31,32,35)(H2,36,37,38);1H4/t21-;/m0./s1. The third-order valence-corrected chi connectivity index (χ3v) is 7.20. The predicted octanol–water partition coefficient (Wildman–Crippen LogP) is 6.34. The summed E-state index contributed by atoms with van der Waals surface area (Å²) in [5.41, 5.74) is -0.394. The van der Waals surface area contributed by atoms with E-state index in [-0.39, 0.29) is 56.7 Å². The van der Waals surface area contributed by atoms with Crippen molar-refractivity contribution in [2.45, 2.75) is 46.6 Å². The molecule has 230 valence electrons. The predicted molar refractivity (Wildman–Crippen MR) is 156 cm³/mol. The molecule has 1 heterocycles. The van der Waals surface area contributed by atoms with E-state index in [1.165, 1.54) is 48.5 Å². The van der Waals surface area contributed by atoms with E-state index in [1.54, 1.807) is 26.0 Å². The maximum absolute atomic E-state index is 13.8. The number of hydrogen-bond acceptors (Lipinski definition) is 6. The smallest absolute Gasteiger partial charge is 0.447 e. The second kappa shape index (κ2) is 14.8. The monoisotopic (exact) mass is 629 g/mol. The number of fused-ring (bicyclic) bond motifs is 1. The fourth-order valence-electron chi connectivity index (χ4n) is 4.12. The molecule has 14 heteroatoms. The maximum Gasteiger partial charge on any atom is 0.469 e. The number of ether oxygens (including phenoxy) is 1. The van der Waals surface area contributed by atoms with Crippen LogP contribution in [-0.4, -0.2) is 58.0 Å². The number of phosphoric ester groups is 1. The number of aryl methyl sites for hydroxylation is 1. The van der Waals surface area contributed by atoms with E-state index in [9.17, 15) is 22.9 Å². The van der Waals surface area contributed by atoms with Crippen molar-refractivity contribution in [2.24, 2.45) is 5.41 Å². The van der Waals surface area contributed by atoms with Crippen molar-refractivity contribution in [3.8, 4) is 0 Å². The Morgan fingerprint density at radius 1 is 1.17 bits per heavy atom. The van der Waals surface area contributed by atoms with Gasteiger partial charge in [0.05, 0.1) is 17.7 Å². The van der Waals surface area contributed by atoms with Crippen molar-refractivity contribution in [3.63, 3.8) is 0 Å². The second-order valence-electron chi connectivity index (χ2n) is 10.3. The third-order valence-electron chi connectivity index (χ3n) is 6.31. The molecule has 1 atom stereocenters. The molecule has 2 aromatic carbocycles. The zero-order valence-electron chi connectivity index (χ0n) is 22.6. The molecule has 0 bridgehead atoms. The van der Waals surface area contributed by atoms with Gasteiger partial charge in [-0.15, -0.1) is 0 Å². The summed E-state index contributed by atoms with van der Waals surface area (Å²) in [5, 5.41) is 3.59. The Labute approximate surface area is 248 Å². The minimum absolute atomic E-state index is 0. The topological polar surface area (TPSA) is 138 Å². The van der Waals surface area contributed by atoms with Gasteiger partial charge in [0.1, 0.15) is 24.1 Å². The molecule has 1 aromatic heterocycles. The van der Waals surface area contributed by atoms with Crippen LogP contribution < -0.4 is 5.32 Å². The highest BCUT2D eigenvalue weighted by Crippen LogP contribution is 2.39. The highest BCUT2D eigenvalue weighted by molar-refractivity contribution is 7.46. The molecule has 0 radical (unpaired) electrons. The molecule has 0 fully saturated rings. The summed E-state index contributed by atoms with van der Waals surface area (Å²) in [6, 6.07) is 9.21. The van der Waals surface area contributed by atoms with Gasteiger partial charge in [-0.05, 0) is 59.5 Å². The van der Waals surface area contributed by atoms with E-state index in [2.05, 4.69) is 14.8 Å². The summed E-state index contributed by atoms with van der Waals surface area (Å²) in [6.07, 6.45) is 0.853. The average Bonchev–Trinajstić information content (AvgIpc) is 2.89. The fourth-order valence-corrected chi connectivity index (χ4v) is 4.86. The van der Waals surface area contributed by atoms with Crippen LogP contribution in [0.2, 0.25) is 5.02 Å². The number of anilines is 1. The number of hydrogen-bond donors (Lipinski definition) is 3. The normalized spacial score (nSPS) is 12.4. The summed E-state index contributed by atoms with van der Waals surface area (Å²) in [7, 11) is -3.24. The minimum Gasteiger partial charge on any atom is -0.447 e. The average molecular weight is 630 g/mol. The fraction of sp³-hybridized carbons (Fsp3) is 0.393. The van der Waals surface area contributed by atoms with E-state index >= 15 is 0 Å². The molecule has 2 amide bonds. The highest BCUT2D eigenvalue weighted by Gasteiger charge is 2.31. The van der Waals surface area contributed by atoms with E-state index < -0.39 is 37.0 Å². The first-order valence-corrected chi connectivity index (χ1v) is 14.4. The number of halogens is 3. The number of carbonyl (C=O) groups is 2. The van der Waals surface area contributed by atoms with Crippen LogP contribution in [0.1, 0.15) is 39.7 Å². The number of benzene rings is 2. The maximum atomic E-state index is 13.8. The number of aromatic nitrogens is 1. The molecule has 0 saturated carbocycles. The number of likely N-dealkylation sites (N-methyl/N-ethyl adjacent to an activating group) is 1. The van der Waals surface area contributed by atoms with Crippen molar-refractivity contribution < 1.29 is 42.0 Å². The zero-order chi connectivity index (χ0) is 30.4. The molecule has 0 aliphatic rings. The Hall–Kier alpha value is -3.15. The minimum atomic E-state index is -4.74. The van der Waals surface area contributed by atoms with Crippen LogP contribution in [-0.2, 0) is 25.0 Å². The second-order valence-corrected chi connectivity index (χ2v) is 11.9. The van der Waals surface area contributed by atoms with Gasteiger partial charge in [-0.1, -0.05) is 45.0 Å². The van der Waals surface area contributed by atoms with E-state index in [1.807, 2.05) is 0 Å². The largest absolute Gasteiger partial charge is 0.469 e. The van der Waals surface area contributed by atoms with Gasteiger partial charge in [0.15, 0.2) is 0 Å². The number of pyridine rings is 1. The van der Waals surface area contributed by atoms with Gasteiger partial charge in [0.25, 0.3) is 0 Å². The van der Waals surface area contributed by atoms with Crippen LogP contribution in [0.3, 0.4) is 0 Å². The van der Waals surface area contributed by atoms with Gasteiger partial charge in [0.2, 0.25) is 5.91 Å². The van der Waals surface area contributed by atoms with Crippen LogP contribution in [0, 0.1) is 17.0 Å². The Morgan fingerprint density at radius 3 is 2.57 bits per heavy atom. The Bertz CT molecular complexity index is 1450. The van der Waals surface area contributed by atoms with Crippen molar-refractivity contribution in [2.75, 3.05) is 25.6 Å². The van der Waals surface area contributed by atoms with E-state index in [0.717, 1.165) is 0 Å². The summed E-state index contributed by atoms with van der Waals surface area (Å²) >= 11 is 6.00. The lowest BCUT2D eigenvalue weighted by molar-refractivity contribution is -0.133. The van der Waals surface area contributed by atoms with E-state index in [4.69, 9.17) is 26.1 Å². The summed E-state index contributed by atoms with van der Waals surface area (Å²) in [6.45, 7) is 2.74. The number of nitrogens with zero attached hydrogens (tertiary/aromatic N) is 2. The van der Waals surface area contributed by atoms with Crippen molar-refractivity contribution in [1.29, 1.82) is 0 Å². The van der Waals surface area contributed by atoms with Crippen LogP contribution in [0.25, 0.3) is 10.8 Å². The molecule has 10 nitrogen and oxygen atoms in total. The molecule has 3 N–H and O–H groups in total. The van der Waals surface area contributed by atoms with Gasteiger partial charge in [-0.3, -0.25) is 14.6 Å². The van der Waals surface area contributed by atoms with Crippen molar-refractivity contribution >= 4 is 48.0 Å². The first kappa shape index (κ1) is 35.0.